The van der Waals surface area contributed by atoms with E-state index < -0.39 is 4.92 Å². The zero-order valence-electron chi connectivity index (χ0n) is 12.1. The van der Waals surface area contributed by atoms with Crippen LogP contribution in [0.15, 0.2) is 53.6 Å². The lowest BCUT2D eigenvalue weighted by molar-refractivity contribution is -0.384. The highest BCUT2D eigenvalue weighted by atomic mass is 35.5. The molecule has 0 aliphatic heterocycles. The van der Waals surface area contributed by atoms with Gasteiger partial charge in [0.2, 0.25) is 4.77 Å². The summed E-state index contributed by atoms with van der Waals surface area (Å²) in [7, 11) is 0. The van der Waals surface area contributed by atoms with Crippen molar-refractivity contribution in [2.24, 2.45) is 5.10 Å². The molecule has 0 fully saturated rings. The molecule has 1 N–H and O–H groups in total. The zero-order valence-corrected chi connectivity index (χ0v) is 13.7. The quantitative estimate of drug-likeness (QED) is 0.329. The third-order valence-corrected chi connectivity index (χ3v) is 3.67. The summed E-state index contributed by atoms with van der Waals surface area (Å²) in [6.07, 6.45) is 1.48. The predicted molar refractivity (Wildman–Crippen MR) is 93.9 cm³/mol. The van der Waals surface area contributed by atoms with Crippen molar-refractivity contribution < 1.29 is 4.92 Å². The Morgan fingerprint density at radius 3 is 2.75 bits per heavy atom. The van der Waals surface area contributed by atoms with Gasteiger partial charge >= 0.3 is 0 Å². The van der Waals surface area contributed by atoms with Crippen LogP contribution in [0.1, 0.15) is 5.56 Å². The number of nitro groups is 1. The van der Waals surface area contributed by atoms with Crippen molar-refractivity contribution in [2.45, 2.75) is 0 Å². The molecule has 0 saturated heterocycles. The molecule has 120 valence electrons. The molecule has 0 aliphatic carbocycles. The van der Waals surface area contributed by atoms with Crippen LogP contribution >= 0.6 is 23.8 Å². The number of aromatic nitrogens is 3. The van der Waals surface area contributed by atoms with Gasteiger partial charge in [0.25, 0.3) is 5.69 Å². The van der Waals surface area contributed by atoms with Crippen molar-refractivity contribution in [2.75, 3.05) is 0 Å². The number of aromatic amines is 1. The number of H-pyrrole nitrogens is 1. The van der Waals surface area contributed by atoms with Gasteiger partial charge in [0.1, 0.15) is 0 Å². The van der Waals surface area contributed by atoms with Crippen LogP contribution in [0, 0.1) is 14.9 Å². The van der Waals surface area contributed by atoms with Gasteiger partial charge in [-0.05, 0) is 36.5 Å². The first-order chi connectivity index (χ1) is 11.5. The van der Waals surface area contributed by atoms with Gasteiger partial charge in [0.15, 0.2) is 5.82 Å². The average Bonchev–Trinajstić information content (AvgIpc) is 2.95. The van der Waals surface area contributed by atoms with E-state index in [2.05, 4.69) is 15.3 Å². The van der Waals surface area contributed by atoms with Gasteiger partial charge in [-0.1, -0.05) is 23.7 Å². The van der Waals surface area contributed by atoms with Crippen LogP contribution in [-0.4, -0.2) is 26.0 Å². The van der Waals surface area contributed by atoms with E-state index in [-0.39, 0.29) is 5.69 Å². The minimum absolute atomic E-state index is 0.00679. The second-order valence-electron chi connectivity index (χ2n) is 4.77. The fraction of sp³-hybridized carbons (Fsp3) is 0. The number of benzene rings is 2. The van der Waals surface area contributed by atoms with Crippen molar-refractivity contribution in [1.82, 2.24) is 14.9 Å². The predicted octanol–water partition coefficient (Wildman–Crippen LogP) is 4.05. The lowest BCUT2D eigenvalue weighted by Crippen LogP contribution is -1.95. The topological polar surface area (TPSA) is 89.1 Å². The van der Waals surface area contributed by atoms with Gasteiger partial charge < -0.3 is 0 Å². The fourth-order valence-electron chi connectivity index (χ4n) is 2.03. The van der Waals surface area contributed by atoms with E-state index in [0.717, 1.165) is 5.56 Å². The summed E-state index contributed by atoms with van der Waals surface area (Å²) < 4.78 is 1.75. The number of nitrogens with zero attached hydrogens (tertiary/aromatic N) is 4. The monoisotopic (exact) mass is 359 g/mol. The third-order valence-electron chi connectivity index (χ3n) is 3.16. The Labute approximate surface area is 146 Å². The SMILES string of the molecule is O=[N+]([O-])c1cccc(C=Nn2c(-c3ccc(Cl)cc3)n[nH]c2=S)c1. The molecule has 0 saturated carbocycles. The molecule has 0 spiro atoms. The van der Waals surface area contributed by atoms with Gasteiger partial charge in [-0.2, -0.15) is 14.9 Å². The van der Waals surface area contributed by atoms with E-state index in [0.29, 0.717) is 21.2 Å². The Balaban J connectivity index is 1.97. The highest BCUT2D eigenvalue weighted by molar-refractivity contribution is 7.71. The molecule has 0 amide bonds. The van der Waals surface area contributed by atoms with E-state index >= 15 is 0 Å². The van der Waals surface area contributed by atoms with Crippen LogP contribution in [0.2, 0.25) is 5.02 Å². The highest BCUT2D eigenvalue weighted by Crippen LogP contribution is 2.20. The van der Waals surface area contributed by atoms with Crippen LogP contribution in [0.4, 0.5) is 5.69 Å². The van der Waals surface area contributed by atoms with Gasteiger partial charge in [-0.3, -0.25) is 10.1 Å². The number of nitro benzene ring substituents is 1. The first-order valence-electron chi connectivity index (χ1n) is 6.77. The lowest BCUT2D eigenvalue weighted by Gasteiger charge is -2.01. The van der Waals surface area contributed by atoms with Crippen molar-refractivity contribution in [3.05, 3.63) is 74.0 Å². The maximum Gasteiger partial charge on any atom is 0.270 e. The third kappa shape index (κ3) is 3.39. The molecule has 9 heteroatoms. The van der Waals surface area contributed by atoms with Crippen LogP contribution in [0.3, 0.4) is 0 Å². The van der Waals surface area contributed by atoms with Crippen molar-refractivity contribution in [3.8, 4) is 11.4 Å². The van der Waals surface area contributed by atoms with E-state index in [4.69, 9.17) is 23.8 Å². The maximum atomic E-state index is 10.8. The van der Waals surface area contributed by atoms with Crippen molar-refractivity contribution in [3.63, 3.8) is 0 Å². The van der Waals surface area contributed by atoms with Gasteiger partial charge in [0.05, 0.1) is 11.1 Å². The van der Waals surface area contributed by atoms with Gasteiger partial charge in [0, 0.05) is 28.3 Å². The molecule has 1 heterocycles. The Morgan fingerprint density at radius 2 is 2.04 bits per heavy atom. The molecule has 0 bridgehead atoms. The molecular weight excluding hydrogens is 350 g/mol. The van der Waals surface area contributed by atoms with Gasteiger partial charge in [-0.25, -0.2) is 5.10 Å². The molecule has 0 aliphatic rings. The highest BCUT2D eigenvalue weighted by Gasteiger charge is 2.08. The Kier molecular flexibility index (Phi) is 4.50. The van der Waals surface area contributed by atoms with Crippen LogP contribution in [0.5, 0.6) is 0 Å². The molecule has 0 radical (unpaired) electrons. The number of hydrogen-bond acceptors (Lipinski definition) is 5. The molecule has 7 nitrogen and oxygen atoms in total. The first-order valence-corrected chi connectivity index (χ1v) is 7.55. The second kappa shape index (κ2) is 6.73. The zero-order chi connectivity index (χ0) is 17.1. The number of halogens is 1. The molecule has 0 unspecified atom stereocenters. The van der Waals surface area contributed by atoms with Gasteiger partial charge in [-0.15, -0.1) is 0 Å². The summed E-state index contributed by atoms with van der Waals surface area (Å²) in [6.45, 7) is 0. The molecule has 2 aromatic carbocycles. The summed E-state index contributed by atoms with van der Waals surface area (Å²) in [5.41, 5.74) is 1.35. The Bertz CT molecular complexity index is 978. The van der Waals surface area contributed by atoms with E-state index in [1.165, 1.54) is 23.0 Å². The van der Waals surface area contributed by atoms with Crippen LogP contribution < -0.4 is 0 Å². The number of hydrogen-bond donors (Lipinski definition) is 1. The summed E-state index contributed by atoms with van der Waals surface area (Å²) in [4.78, 5) is 10.4. The van der Waals surface area contributed by atoms with Crippen LogP contribution in [-0.2, 0) is 0 Å². The normalized spacial score (nSPS) is 11.0. The number of rotatable bonds is 4. The Hall–Kier alpha value is -2.84. The smallest absolute Gasteiger partial charge is 0.258 e. The lowest BCUT2D eigenvalue weighted by atomic mass is 10.2. The summed E-state index contributed by atoms with van der Waals surface area (Å²) in [6, 6.07) is 13.2. The largest absolute Gasteiger partial charge is 0.270 e. The molecule has 24 heavy (non-hydrogen) atoms. The molecule has 3 aromatic rings. The first kappa shape index (κ1) is 16.0. The molecule has 0 atom stereocenters. The van der Waals surface area contributed by atoms with E-state index in [1.54, 1.807) is 36.4 Å². The van der Waals surface area contributed by atoms with E-state index in [1.807, 2.05) is 0 Å². The van der Waals surface area contributed by atoms with E-state index in [9.17, 15) is 10.1 Å². The van der Waals surface area contributed by atoms with Crippen molar-refractivity contribution >= 4 is 35.7 Å². The second-order valence-corrected chi connectivity index (χ2v) is 5.59. The van der Waals surface area contributed by atoms with Crippen molar-refractivity contribution in [1.29, 1.82) is 0 Å². The minimum Gasteiger partial charge on any atom is -0.258 e. The summed E-state index contributed by atoms with van der Waals surface area (Å²) in [5.74, 6) is 0.512. The summed E-state index contributed by atoms with van der Waals surface area (Å²) in [5, 5.41) is 22.5. The molecular formula is C15H10ClN5O2S. The molecule has 3 rings (SSSR count). The number of non-ortho nitro benzene ring substituents is 1. The van der Waals surface area contributed by atoms with Crippen LogP contribution in [0.25, 0.3) is 11.4 Å². The average molecular weight is 360 g/mol. The summed E-state index contributed by atoms with van der Waals surface area (Å²) >= 11 is 11.1. The molecule has 1 aromatic heterocycles. The Morgan fingerprint density at radius 1 is 1.29 bits per heavy atom. The fourth-order valence-corrected chi connectivity index (χ4v) is 2.33. The minimum atomic E-state index is -0.458. The standard InChI is InChI=1S/C15H10ClN5O2S/c16-12-6-4-11(5-7-12)14-18-19-15(24)20(14)17-9-10-2-1-3-13(8-10)21(22)23/h1-9H,(H,19,24). The number of nitrogens with one attached hydrogen (secondary N) is 1. The maximum absolute atomic E-state index is 10.8.